The van der Waals surface area contributed by atoms with Crippen LogP contribution >= 0.6 is 0 Å². The van der Waals surface area contributed by atoms with Crippen molar-refractivity contribution in [2.45, 2.75) is 13.0 Å². The number of hydrogen-bond donors (Lipinski definition) is 1. The summed E-state index contributed by atoms with van der Waals surface area (Å²) in [7, 11) is 1.76. The Balaban J connectivity index is 2.07. The minimum atomic E-state index is -0.242. The maximum atomic E-state index is 11.8. The number of nitrogens with zero attached hydrogens (tertiary/aromatic N) is 5. The van der Waals surface area contributed by atoms with Gasteiger partial charge in [-0.05, 0) is 13.0 Å². The number of aryl methyl sites for hydroxylation is 1. The molecule has 0 saturated heterocycles. The van der Waals surface area contributed by atoms with Crippen molar-refractivity contribution in [3.63, 3.8) is 0 Å². The predicted molar refractivity (Wildman–Crippen MR) is 67.8 cm³/mol. The van der Waals surface area contributed by atoms with Gasteiger partial charge in [-0.3, -0.25) is 9.48 Å². The molecule has 0 aromatic carbocycles. The van der Waals surface area contributed by atoms with E-state index in [1.54, 1.807) is 11.7 Å². The molecular weight excluding hydrogens is 248 g/mol. The minimum Gasteiger partial charge on any atom is -0.492 e. The van der Waals surface area contributed by atoms with Crippen molar-refractivity contribution in [2.24, 2.45) is 12.8 Å². The average Bonchev–Trinajstić information content (AvgIpc) is 2.79. The molecule has 2 rings (SSSR count). The SMILES string of the molecule is Cn1ncnc1Cn1ncc(OCCCN)cc1=O. The molecule has 0 atom stereocenters. The average molecular weight is 264 g/mol. The van der Waals surface area contributed by atoms with Crippen LogP contribution in [0.25, 0.3) is 0 Å². The normalized spacial score (nSPS) is 10.6. The summed E-state index contributed by atoms with van der Waals surface area (Å²) < 4.78 is 8.25. The number of rotatable bonds is 6. The van der Waals surface area contributed by atoms with Crippen molar-refractivity contribution in [2.75, 3.05) is 13.2 Å². The topological polar surface area (TPSA) is 101 Å². The van der Waals surface area contributed by atoms with Crippen molar-refractivity contribution in [1.82, 2.24) is 24.5 Å². The van der Waals surface area contributed by atoms with E-state index in [1.807, 2.05) is 0 Å². The van der Waals surface area contributed by atoms with Gasteiger partial charge in [0.25, 0.3) is 5.56 Å². The zero-order valence-electron chi connectivity index (χ0n) is 10.7. The van der Waals surface area contributed by atoms with Gasteiger partial charge in [-0.2, -0.15) is 10.2 Å². The number of aromatic nitrogens is 5. The second-order valence-electron chi connectivity index (χ2n) is 3.98. The second kappa shape index (κ2) is 6.10. The Hall–Kier alpha value is -2.22. The smallest absolute Gasteiger partial charge is 0.270 e. The van der Waals surface area contributed by atoms with Crippen LogP contribution in [0.5, 0.6) is 5.75 Å². The predicted octanol–water partition coefficient (Wildman–Crippen LogP) is -0.852. The van der Waals surface area contributed by atoms with Gasteiger partial charge in [-0.15, -0.1) is 0 Å². The molecule has 0 aliphatic heterocycles. The van der Waals surface area contributed by atoms with Gasteiger partial charge in [0, 0.05) is 13.1 Å². The first kappa shape index (κ1) is 13.2. The minimum absolute atomic E-state index is 0.242. The molecule has 0 unspecified atom stereocenters. The number of ether oxygens (including phenoxy) is 1. The lowest BCUT2D eigenvalue weighted by Crippen LogP contribution is -2.24. The molecule has 2 heterocycles. The van der Waals surface area contributed by atoms with Crippen LogP contribution in [0.2, 0.25) is 0 Å². The highest BCUT2D eigenvalue weighted by Gasteiger charge is 2.05. The maximum Gasteiger partial charge on any atom is 0.270 e. The number of hydrogen-bond acceptors (Lipinski definition) is 6. The van der Waals surface area contributed by atoms with E-state index in [0.717, 1.165) is 6.42 Å². The first-order valence-electron chi connectivity index (χ1n) is 5.93. The standard InChI is InChI=1S/C11H16N6O2/c1-16-10(13-8-15-16)7-17-11(18)5-9(6-14-17)19-4-2-3-12/h5-6,8H,2-4,7,12H2,1H3. The Morgan fingerprint density at radius 2 is 2.26 bits per heavy atom. The molecule has 2 aromatic heterocycles. The second-order valence-corrected chi connectivity index (χ2v) is 3.98. The Kier molecular flexibility index (Phi) is 4.24. The summed E-state index contributed by atoms with van der Waals surface area (Å²) in [5.41, 5.74) is 5.12. The molecule has 0 radical (unpaired) electrons. The van der Waals surface area contributed by atoms with Crippen LogP contribution < -0.4 is 16.0 Å². The lowest BCUT2D eigenvalue weighted by atomic mass is 10.4. The summed E-state index contributed by atoms with van der Waals surface area (Å²) in [5.74, 6) is 1.11. The third-order valence-electron chi connectivity index (χ3n) is 2.56. The van der Waals surface area contributed by atoms with Crippen molar-refractivity contribution < 1.29 is 4.74 Å². The molecule has 2 aromatic rings. The lowest BCUT2D eigenvalue weighted by Gasteiger charge is -2.07. The van der Waals surface area contributed by atoms with Crippen molar-refractivity contribution in [1.29, 1.82) is 0 Å². The van der Waals surface area contributed by atoms with E-state index < -0.39 is 0 Å². The molecule has 0 fully saturated rings. The van der Waals surface area contributed by atoms with Crippen LogP contribution in [0.3, 0.4) is 0 Å². The number of nitrogens with two attached hydrogens (primary N) is 1. The molecule has 2 N–H and O–H groups in total. The molecule has 0 spiro atoms. The molecule has 0 aliphatic carbocycles. The summed E-state index contributed by atoms with van der Waals surface area (Å²) in [4.78, 5) is 15.9. The summed E-state index contributed by atoms with van der Waals surface area (Å²) in [6.07, 6.45) is 3.68. The molecule has 19 heavy (non-hydrogen) atoms. The Labute approximate surface area is 109 Å². The largest absolute Gasteiger partial charge is 0.492 e. The third-order valence-corrected chi connectivity index (χ3v) is 2.56. The van der Waals surface area contributed by atoms with E-state index >= 15 is 0 Å². The van der Waals surface area contributed by atoms with Crippen molar-refractivity contribution >= 4 is 0 Å². The quantitative estimate of drug-likeness (QED) is 0.682. The Morgan fingerprint density at radius 1 is 1.42 bits per heavy atom. The van der Waals surface area contributed by atoms with E-state index in [4.69, 9.17) is 10.5 Å². The third kappa shape index (κ3) is 3.38. The molecule has 8 nitrogen and oxygen atoms in total. The van der Waals surface area contributed by atoms with Crippen molar-refractivity contribution in [3.05, 3.63) is 34.8 Å². The Bertz CT molecular complexity index is 591. The van der Waals surface area contributed by atoms with Crippen LogP contribution in [0.1, 0.15) is 12.2 Å². The zero-order chi connectivity index (χ0) is 13.7. The molecule has 0 bridgehead atoms. The van der Waals surface area contributed by atoms with Gasteiger partial charge >= 0.3 is 0 Å². The van der Waals surface area contributed by atoms with E-state index in [1.165, 1.54) is 23.3 Å². The molecular formula is C11H16N6O2. The maximum absolute atomic E-state index is 11.8. The van der Waals surface area contributed by atoms with E-state index in [0.29, 0.717) is 24.7 Å². The van der Waals surface area contributed by atoms with Gasteiger partial charge < -0.3 is 10.5 Å². The van der Waals surface area contributed by atoms with Crippen LogP contribution in [-0.2, 0) is 13.6 Å². The van der Waals surface area contributed by atoms with E-state index in [2.05, 4.69) is 15.2 Å². The summed E-state index contributed by atoms with van der Waals surface area (Å²) in [5, 5.41) is 7.98. The molecule has 8 heteroatoms. The van der Waals surface area contributed by atoms with Crippen LogP contribution in [-0.4, -0.2) is 37.7 Å². The fourth-order valence-electron chi connectivity index (χ4n) is 1.49. The van der Waals surface area contributed by atoms with Gasteiger partial charge in [0.05, 0.1) is 12.8 Å². The van der Waals surface area contributed by atoms with Gasteiger partial charge in [0.1, 0.15) is 24.4 Å². The van der Waals surface area contributed by atoms with Gasteiger partial charge in [0.15, 0.2) is 0 Å². The molecule has 0 aliphatic rings. The first-order valence-corrected chi connectivity index (χ1v) is 5.93. The van der Waals surface area contributed by atoms with Crippen LogP contribution in [0.15, 0.2) is 23.4 Å². The van der Waals surface area contributed by atoms with Crippen molar-refractivity contribution in [3.8, 4) is 5.75 Å². The summed E-state index contributed by atoms with van der Waals surface area (Å²) in [6.45, 7) is 1.31. The highest BCUT2D eigenvalue weighted by atomic mass is 16.5. The highest BCUT2D eigenvalue weighted by molar-refractivity contribution is 5.13. The monoisotopic (exact) mass is 264 g/mol. The van der Waals surface area contributed by atoms with Gasteiger partial charge in [-0.1, -0.05) is 0 Å². The lowest BCUT2D eigenvalue weighted by molar-refractivity contribution is 0.309. The van der Waals surface area contributed by atoms with Crippen LogP contribution in [0.4, 0.5) is 0 Å². The summed E-state index contributed by atoms with van der Waals surface area (Å²) >= 11 is 0. The van der Waals surface area contributed by atoms with E-state index in [-0.39, 0.29) is 12.1 Å². The Morgan fingerprint density at radius 3 is 2.89 bits per heavy atom. The first-order chi connectivity index (χ1) is 9.20. The molecule has 0 saturated carbocycles. The van der Waals surface area contributed by atoms with Gasteiger partial charge in [-0.25, -0.2) is 9.67 Å². The van der Waals surface area contributed by atoms with E-state index in [9.17, 15) is 4.79 Å². The molecule has 102 valence electrons. The molecule has 0 amide bonds. The summed E-state index contributed by atoms with van der Waals surface area (Å²) in [6, 6.07) is 1.40. The highest BCUT2D eigenvalue weighted by Crippen LogP contribution is 2.04. The zero-order valence-corrected chi connectivity index (χ0v) is 10.7. The van der Waals surface area contributed by atoms with Crippen LogP contribution in [0, 0.1) is 0 Å². The van der Waals surface area contributed by atoms with Gasteiger partial charge in [0.2, 0.25) is 0 Å². The fraction of sp³-hybridized carbons (Fsp3) is 0.455. The fourth-order valence-corrected chi connectivity index (χ4v) is 1.49.